The molecule has 0 aliphatic carbocycles. The lowest BCUT2D eigenvalue weighted by Gasteiger charge is -2.21. The fraction of sp³-hybridized carbons (Fsp3) is 0.295. The van der Waals surface area contributed by atoms with Crippen molar-refractivity contribution in [2.45, 2.75) is 42.3 Å². The van der Waals surface area contributed by atoms with E-state index in [1.165, 1.54) is 20.9 Å². The van der Waals surface area contributed by atoms with Crippen LogP contribution in [0.15, 0.2) is 72.8 Å². The van der Waals surface area contributed by atoms with E-state index in [0.717, 1.165) is 67.9 Å². The normalized spacial score (nSPS) is 17.9. The van der Waals surface area contributed by atoms with Crippen molar-refractivity contribution in [3.63, 3.8) is 0 Å². The SMILES string of the molecule is Cc1ccc2c(c1)C(=O)C(=O)N2.Cc1ccc2c(c1)C1(SCCS1)C(=O)N2.Cc1ccc2c(c1)C1(SCCS1)C(=O)N2CC(N)=O.Cc1ccc2c(c1)CC(=O)N2CC(N)=O. The summed E-state index contributed by atoms with van der Waals surface area (Å²) in [7, 11) is 0. The first-order valence-corrected chi connectivity index (χ1v) is 23.3. The Balaban J connectivity index is 0.000000124. The van der Waals surface area contributed by atoms with Crippen LogP contribution in [-0.2, 0) is 43.3 Å². The third-order valence-corrected chi connectivity index (χ3v) is 17.2. The van der Waals surface area contributed by atoms with Crippen LogP contribution in [0.3, 0.4) is 0 Å². The Morgan fingerprint density at radius 1 is 0.607 bits per heavy atom. The number of anilines is 4. The van der Waals surface area contributed by atoms with Crippen LogP contribution in [0.5, 0.6) is 0 Å². The molecule has 2 saturated heterocycles. The fourth-order valence-corrected chi connectivity index (χ4v) is 14.0. The van der Waals surface area contributed by atoms with E-state index >= 15 is 0 Å². The Morgan fingerprint density at radius 3 is 1.74 bits per heavy atom. The van der Waals surface area contributed by atoms with Gasteiger partial charge in [0.1, 0.15) is 13.1 Å². The monoisotopic (exact) mass is 896 g/mol. The topological polar surface area (TPSA) is 202 Å². The quantitative estimate of drug-likeness (QED) is 0.188. The summed E-state index contributed by atoms with van der Waals surface area (Å²) >= 11 is 6.85. The number of aryl methyl sites for hydroxylation is 4. The van der Waals surface area contributed by atoms with Crippen LogP contribution in [-0.4, -0.2) is 77.3 Å². The molecule has 6 N–H and O–H groups in total. The molecule has 6 amide bonds. The summed E-state index contributed by atoms with van der Waals surface area (Å²) in [5, 5.41) is 5.46. The number of carbonyl (C=O) groups excluding carboxylic acids is 7. The average Bonchev–Trinajstić information content (AvgIpc) is 4.07. The van der Waals surface area contributed by atoms with Gasteiger partial charge in [0, 0.05) is 45.5 Å². The lowest BCUT2D eigenvalue weighted by Crippen LogP contribution is -2.40. The van der Waals surface area contributed by atoms with E-state index in [-0.39, 0.29) is 34.9 Å². The van der Waals surface area contributed by atoms with Crippen molar-refractivity contribution >= 4 is 111 Å². The molecule has 0 aromatic heterocycles. The zero-order chi connectivity index (χ0) is 43.8. The second-order valence-electron chi connectivity index (χ2n) is 15.1. The summed E-state index contributed by atoms with van der Waals surface area (Å²) in [5.41, 5.74) is 21.7. The molecule has 0 saturated carbocycles. The van der Waals surface area contributed by atoms with Gasteiger partial charge in [0.05, 0.1) is 23.4 Å². The molecule has 2 spiro atoms. The highest BCUT2D eigenvalue weighted by atomic mass is 32.2. The Kier molecular flexibility index (Phi) is 12.7. The van der Waals surface area contributed by atoms with Gasteiger partial charge in [0.15, 0.2) is 8.16 Å². The minimum Gasteiger partial charge on any atom is -0.368 e. The molecule has 6 aliphatic heterocycles. The first-order chi connectivity index (χ1) is 29.0. The summed E-state index contributed by atoms with van der Waals surface area (Å²) in [6.07, 6.45) is 0.365. The van der Waals surface area contributed by atoms with E-state index in [1.807, 2.05) is 69.3 Å². The van der Waals surface area contributed by atoms with Gasteiger partial charge in [-0.1, -0.05) is 64.7 Å². The number of hydrogen-bond donors (Lipinski definition) is 4. The number of ketones is 1. The van der Waals surface area contributed by atoms with Gasteiger partial charge in [-0.15, -0.1) is 47.0 Å². The molecule has 4 aromatic rings. The molecule has 0 unspecified atom stereocenters. The van der Waals surface area contributed by atoms with Crippen molar-refractivity contribution in [1.82, 2.24) is 0 Å². The molecule has 316 valence electrons. The molecule has 61 heavy (non-hydrogen) atoms. The van der Waals surface area contributed by atoms with E-state index in [9.17, 15) is 33.6 Å². The number of amides is 6. The van der Waals surface area contributed by atoms with Crippen molar-refractivity contribution in [3.8, 4) is 0 Å². The molecule has 17 heteroatoms. The van der Waals surface area contributed by atoms with Crippen LogP contribution >= 0.6 is 47.0 Å². The number of nitrogens with one attached hydrogen (secondary N) is 2. The maximum absolute atomic E-state index is 12.7. The Morgan fingerprint density at radius 2 is 1.11 bits per heavy atom. The summed E-state index contributed by atoms with van der Waals surface area (Å²) in [4.78, 5) is 83.3. The van der Waals surface area contributed by atoms with Gasteiger partial charge in [-0.2, -0.15) is 0 Å². The van der Waals surface area contributed by atoms with Gasteiger partial charge < -0.3 is 31.9 Å². The van der Waals surface area contributed by atoms with Crippen LogP contribution in [0.2, 0.25) is 0 Å². The average molecular weight is 897 g/mol. The maximum Gasteiger partial charge on any atom is 0.296 e. The molecule has 0 bridgehead atoms. The number of Topliss-reactive ketones (excluding diaryl/α,β-unsaturated/α-hetero) is 1. The smallest absolute Gasteiger partial charge is 0.296 e. The van der Waals surface area contributed by atoms with E-state index in [0.29, 0.717) is 17.7 Å². The number of fused-ring (bicyclic) bond motifs is 6. The number of rotatable bonds is 4. The van der Waals surface area contributed by atoms with Gasteiger partial charge in [-0.3, -0.25) is 33.6 Å². The predicted octanol–water partition coefficient (Wildman–Crippen LogP) is 5.54. The van der Waals surface area contributed by atoms with Gasteiger partial charge in [-0.25, -0.2) is 0 Å². The van der Waals surface area contributed by atoms with E-state index in [1.54, 1.807) is 59.2 Å². The van der Waals surface area contributed by atoms with Crippen molar-refractivity contribution in [2.75, 3.05) is 56.5 Å². The Labute approximate surface area is 370 Å². The lowest BCUT2D eigenvalue weighted by molar-refractivity contribution is -0.122. The molecular formula is C44H44N6O7S4. The molecule has 4 aromatic carbocycles. The van der Waals surface area contributed by atoms with Crippen LogP contribution in [0, 0.1) is 27.7 Å². The van der Waals surface area contributed by atoms with Crippen molar-refractivity contribution in [1.29, 1.82) is 0 Å². The maximum atomic E-state index is 12.7. The third-order valence-electron chi connectivity index (χ3n) is 10.5. The summed E-state index contributed by atoms with van der Waals surface area (Å²) in [6.45, 7) is 7.87. The largest absolute Gasteiger partial charge is 0.368 e. The van der Waals surface area contributed by atoms with Crippen LogP contribution in [0.25, 0.3) is 0 Å². The zero-order valence-electron chi connectivity index (χ0n) is 33.9. The zero-order valence-corrected chi connectivity index (χ0v) is 37.2. The van der Waals surface area contributed by atoms with Crippen molar-refractivity contribution in [2.24, 2.45) is 11.5 Å². The standard InChI is InChI=1S/C13H14N2O2S2.C11H12N2O2.C11H11NOS2.C9H7NO2/c1-8-2-3-10-9(6-8)13(18-4-5-19-13)12(17)15(10)7-11(14)16;1-7-2-3-9-8(4-7)5-11(15)13(9)6-10(12)14;1-7-2-3-9-8(6-7)11(10(13)12-9)14-4-5-15-11;1-5-2-3-7-6(4-5)8(11)9(12)10-7/h2-3,6H,4-5,7H2,1H3,(H2,14,16);2-4H,5-6H2,1H3,(H2,12,14);2-3,6H,4-5H2,1H3,(H,12,13);2-4H,1H3,(H,10,11,12). The minimum absolute atomic E-state index is 0.0144. The molecule has 2 fully saturated rings. The molecule has 6 heterocycles. The summed E-state index contributed by atoms with van der Waals surface area (Å²) < 4.78 is -0.905. The van der Waals surface area contributed by atoms with Crippen molar-refractivity contribution in [3.05, 3.63) is 117 Å². The number of thioether (sulfide) groups is 4. The summed E-state index contributed by atoms with van der Waals surface area (Å²) in [5.74, 6) is 2.16. The molecule has 0 atom stereocenters. The molecular weight excluding hydrogens is 853 g/mol. The highest BCUT2D eigenvalue weighted by Crippen LogP contribution is 2.60. The Bertz CT molecular complexity index is 2520. The van der Waals surface area contributed by atoms with Gasteiger partial charge in [0.25, 0.3) is 23.5 Å². The highest BCUT2D eigenvalue weighted by Gasteiger charge is 2.54. The van der Waals surface area contributed by atoms with Crippen LogP contribution < -0.4 is 31.9 Å². The molecule has 6 aliphatic rings. The van der Waals surface area contributed by atoms with Gasteiger partial charge >= 0.3 is 0 Å². The number of hydrogen-bond acceptors (Lipinski definition) is 11. The predicted molar refractivity (Wildman–Crippen MR) is 246 cm³/mol. The summed E-state index contributed by atoms with van der Waals surface area (Å²) in [6, 6.07) is 23.2. The first kappa shape index (κ1) is 43.8. The number of benzene rings is 4. The van der Waals surface area contributed by atoms with Crippen LogP contribution in [0.1, 0.15) is 49.3 Å². The van der Waals surface area contributed by atoms with Gasteiger partial charge in [0.2, 0.25) is 17.7 Å². The number of carbonyl (C=O) groups is 7. The molecule has 0 radical (unpaired) electrons. The van der Waals surface area contributed by atoms with Gasteiger partial charge in [-0.05, 0) is 63.6 Å². The molecule has 10 rings (SSSR count). The highest BCUT2D eigenvalue weighted by molar-refractivity contribution is 8.22. The van der Waals surface area contributed by atoms with E-state index in [2.05, 4.69) is 29.7 Å². The van der Waals surface area contributed by atoms with Crippen molar-refractivity contribution < 1.29 is 33.6 Å². The number of nitrogens with two attached hydrogens (primary N) is 2. The Hall–Kier alpha value is -5.23. The first-order valence-electron chi connectivity index (χ1n) is 19.4. The minimum atomic E-state index is -0.559. The van der Waals surface area contributed by atoms with E-state index in [4.69, 9.17) is 11.5 Å². The second-order valence-corrected chi connectivity index (χ2v) is 20.8. The van der Waals surface area contributed by atoms with E-state index < -0.39 is 27.6 Å². The lowest BCUT2D eigenvalue weighted by atomic mass is 10.1. The van der Waals surface area contributed by atoms with Crippen LogP contribution in [0.4, 0.5) is 22.7 Å². The molecule has 13 nitrogen and oxygen atoms in total. The number of primary amides is 2. The number of nitrogens with zero attached hydrogens (tertiary/aromatic N) is 2. The third kappa shape index (κ3) is 8.65. The second kappa shape index (κ2) is 17.6. The fourth-order valence-electron chi connectivity index (χ4n) is 7.72.